The van der Waals surface area contributed by atoms with Crippen molar-refractivity contribution in [1.29, 1.82) is 0 Å². The first kappa shape index (κ1) is 23.0. The van der Waals surface area contributed by atoms with E-state index in [0.717, 1.165) is 46.5 Å². The summed E-state index contributed by atoms with van der Waals surface area (Å²) in [7, 11) is 1.56. The van der Waals surface area contributed by atoms with Crippen molar-refractivity contribution in [3.05, 3.63) is 64.2 Å². The molecule has 2 aliphatic rings. The summed E-state index contributed by atoms with van der Waals surface area (Å²) >= 11 is 0. The van der Waals surface area contributed by atoms with Gasteiger partial charge in [-0.3, -0.25) is 0 Å². The highest BCUT2D eigenvalue weighted by Gasteiger charge is 2.29. The van der Waals surface area contributed by atoms with Crippen LogP contribution in [0.3, 0.4) is 0 Å². The molecule has 0 fully saturated rings. The van der Waals surface area contributed by atoms with Crippen molar-refractivity contribution in [2.45, 2.75) is 32.5 Å². The summed E-state index contributed by atoms with van der Waals surface area (Å²) in [5.41, 5.74) is 3.37. The smallest absolute Gasteiger partial charge is 0.342 e. The average molecular weight is 506 g/mol. The number of hydrogen-bond donors (Lipinski definition) is 1. The number of hydrogen-bond acceptors (Lipinski definition) is 8. The van der Waals surface area contributed by atoms with Gasteiger partial charge in [0.25, 0.3) is 0 Å². The second kappa shape index (κ2) is 8.93. The number of aliphatic hydroxyl groups excluding tert-OH is 1. The molecule has 0 saturated heterocycles. The molecule has 6 rings (SSSR count). The van der Waals surface area contributed by atoms with E-state index in [1.54, 1.807) is 14.0 Å². The molecule has 11 nitrogen and oxygen atoms in total. The second-order valence-electron chi connectivity index (χ2n) is 9.06. The van der Waals surface area contributed by atoms with Crippen LogP contribution in [0.1, 0.15) is 11.4 Å². The zero-order chi connectivity index (χ0) is 25.7. The molecule has 0 saturated carbocycles. The Kier molecular flexibility index (Phi) is 5.56. The van der Waals surface area contributed by atoms with Crippen LogP contribution in [-0.4, -0.2) is 46.2 Å². The first-order chi connectivity index (χ1) is 17.9. The molecule has 2 aromatic carbocycles. The number of imidazole rings is 1. The molecule has 2 aromatic heterocycles. The number of aryl methyl sites for hydroxylation is 3. The lowest BCUT2D eigenvalue weighted by atomic mass is 9.95. The number of rotatable bonds is 7. The zero-order valence-electron chi connectivity index (χ0n) is 20.3. The van der Waals surface area contributed by atoms with Crippen molar-refractivity contribution < 1.29 is 33.5 Å². The van der Waals surface area contributed by atoms with Gasteiger partial charge in [-0.15, -0.1) is 0 Å². The fraction of sp³-hybridized carbons (Fsp3) is 0.308. The van der Waals surface area contributed by atoms with Gasteiger partial charge < -0.3 is 34.2 Å². The van der Waals surface area contributed by atoms with E-state index >= 15 is 0 Å². The molecule has 0 aliphatic carbocycles. The molecule has 0 amide bonds. The third-order valence-electron chi connectivity index (χ3n) is 6.83. The fourth-order valence-electron chi connectivity index (χ4n) is 4.98. The van der Waals surface area contributed by atoms with Gasteiger partial charge in [-0.2, -0.15) is 4.57 Å². The van der Waals surface area contributed by atoms with E-state index in [4.69, 9.17) is 18.9 Å². The molecule has 190 valence electrons. The Hall–Kier alpha value is -4.38. The Morgan fingerprint density at radius 2 is 2.08 bits per heavy atom. The topological polar surface area (TPSA) is 122 Å². The van der Waals surface area contributed by atoms with Crippen LogP contribution in [0.25, 0.3) is 22.0 Å². The van der Waals surface area contributed by atoms with Crippen LogP contribution in [-0.2, 0) is 19.5 Å². The number of nitro groups is 1. The van der Waals surface area contributed by atoms with Crippen molar-refractivity contribution in [1.82, 2.24) is 9.55 Å². The highest BCUT2D eigenvalue weighted by Crippen LogP contribution is 2.41. The SMILES string of the molecule is COc1ccc2cc3[n+](cc2c1OCC(O)Cn1c([N+](=O)[O-])cnc1C)CCc1cc2c(cc1-3)OCO2. The van der Waals surface area contributed by atoms with E-state index in [0.29, 0.717) is 17.3 Å². The molecule has 0 bridgehead atoms. The Balaban J connectivity index is 1.32. The van der Waals surface area contributed by atoms with Gasteiger partial charge in [-0.05, 0) is 40.1 Å². The number of pyridine rings is 1. The molecular formula is C26H25N4O7+. The van der Waals surface area contributed by atoms with Gasteiger partial charge in [0, 0.05) is 19.4 Å². The summed E-state index contributed by atoms with van der Waals surface area (Å²) in [6.45, 7) is 2.56. The Bertz CT molecular complexity index is 1550. The van der Waals surface area contributed by atoms with Crippen molar-refractivity contribution >= 4 is 16.6 Å². The van der Waals surface area contributed by atoms with Gasteiger partial charge in [0.2, 0.25) is 12.5 Å². The first-order valence-corrected chi connectivity index (χ1v) is 11.9. The molecule has 4 heterocycles. The molecule has 4 aromatic rings. The first-order valence-electron chi connectivity index (χ1n) is 11.9. The average Bonchev–Trinajstić information content (AvgIpc) is 3.50. The lowest BCUT2D eigenvalue weighted by molar-refractivity contribution is -0.686. The standard InChI is InChI=1S/C26H25N4O7/c1-15-27-10-25(30(32)33)29(15)11-18(31)13-35-26-20-12-28-6-5-17-8-23-24(37-14-36-23)9-19(17)21(28)7-16(20)3-4-22(26)34-2/h3-4,7-10,12,18,31H,5-6,11,13-14H2,1-2H3/q+1. The molecule has 0 radical (unpaired) electrons. The van der Waals surface area contributed by atoms with E-state index in [1.165, 1.54) is 16.3 Å². The maximum atomic E-state index is 11.3. The minimum atomic E-state index is -1.01. The van der Waals surface area contributed by atoms with Crippen LogP contribution >= 0.6 is 0 Å². The summed E-state index contributed by atoms with van der Waals surface area (Å²) in [5, 5.41) is 23.7. The zero-order valence-corrected chi connectivity index (χ0v) is 20.3. The molecule has 1 unspecified atom stereocenters. The summed E-state index contributed by atoms with van der Waals surface area (Å²) < 4.78 is 26.3. The number of aromatic nitrogens is 3. The Labute approximate surface area is 211 Å². The summed E-state index contributed by atoms with van der Waals surface area (Å²) in [5.74, 6) is 2.83. The predicted molar refractivity (Wildman–Crippen MR) is 131 cm³/mol. The van der Waals surface area contributed by atoms with Crippen LogP contribution in [0.4, 0.5) is 5.82 Å². The van der Waals surface area contributed by atoms with Crippen LogP contribution in [0.5, 0.6) is 23.0 Å². The van der Waals surface area contributed by atoms with Gasteiger partial charge in [0.05, 0.1) is 18.1 Å². The van der Waals surface area contributed by atoms with E-state index < -0.39 is 11.0 Å². The number of fused-ring (bicyclic) bond motifs is 5. The van der Waals surface area contributed by atoms with Crippen molar-refractivity contribution in [2.75, 3.05) is 20.5 Å². The summed E-state index contributed by atoms with van der Waals surface area (Å²) in [6.07, 6.45) is 3.06. The van der Waals surface area contributed by atoms with Crippen LogP contribution < -0.4 is 23.5 Å². The van der Waals surface area contributed by atoms with Crippen molar-refractivity contribution in [3.8, 4) is 34.3 Å². The van der Waals surface area contributed by atoms with Crippen LogP contribution in [0.2, 0.25) is 0 Å². The predicted octanol–water partition coefficient (Wildman–Crippen LogP) is 2.94. The third-order valence-corrected chi connectivity index (χ3v) is 6.83. The highest BCUT2D eigenvalue weighted by molar-refractivity contribution is 5.91. The van der Waals surface area contributed by atoms with E-state index in [2.05, 4.69) is 21.7 Å². The van der Waals surface area contributed by atoms with Gasteiger partial charge in [-0.25, -0.2) is 9.55 Å². The highest BCUT2D eigenvalue weighted by atomic mass is 16.7. The minimum Gasteiger partial charge on any atom is -0.493 e. The largest absolute Gasteiger partial charge is 0.493 e. The molecule has 1 atom stereocenters. The molecule has 37 heavy (non-hydrogen) atoms. The number of benzene rings is 2. The minimum absolute atomic E-state index is 0.0216. The van der Waals surface area contributed by atoms with Gasteiger partial charge in [0.1, 0.15) is 25.5 Å². The van der Waals surface area contributed by atoms with Gasteiger partial charge in [-0.1, -0.05) is 0 Å². The normalized spacial score (nSPS) is 14.2. The fourth-order valence-corrected chi connectivity index (χ4v) is 4.98. The number of ether oxygens (including phenoxy) is 4. The van der Waals surface area contributed by atoms with E-state index in [1.807, 2.05) is 24.4 Å². The van der Waals surface area contributed by atoms with Crippen LogP contribution in [0.15, 0.2) is 42.7 Å². The van der Waals surface area contributed by atoms with Gasteiger partial charge >= 0.3 is 5.82 Å². The Morgan fingerprint density at radius 1 is 1.27 bits per heavy atom. The summed E-state index contributed by atoms with van der Waals surface area (Å²) in [4.78, 5) is 14.7. The molecule has 1 N–H and O–H groups in total. The quantitative estimate of drug-likeness (QED) is 0.231. The van der Waals surface area contributed by atoms with E-state index in [-0.39, 0.29) is 25.8 Å². The Morgan fingerprint density at radius 3 is 2.86 bits per heavy atom. The molecule has 2 aliphatic heterocycles. The van der Waals surface area contributed by atoms with Crippen molar-refractivity contribution in [3.63, 3.8) is 0 Å². The maximum Gasteiger partial charge on any atom is 0.342 e. The monoisotopic (exact) mass is 505 g/mol. The number of nitrogens with zero attached hydrogens (tertiary/aromatic N) is 4. The van der Waals surface area contributed by atoms with E-state index in [9.17, 15) is 15.2 Å². The lowest BCUT2D eigenvalue weighted by Crippen LogP contribution is -2.40. The van der Waals surface area contributed by atoms with Gasteiger partial charge in [0.15, 0.2) is 41.6 Å². The van der Waals surface area contributed by atoms with Crippen LogP contribution in [0, 0.1) is 17.0 Å². The second-order valence-corrected chi connectivity index (χ2v) is 9.06. The summed E-state index contributed by atoms with van der Waals surface area (Å²) in [6, 6.07) is 9.99. The lowest BCUT2D eigenvalue weighted by Gasteiger charge is -2.18. The number of aliphatic hydroxyl groups is 1. The number of methoxy groups -OCH3 is 1. The van der Waals surface area contributed by atoms with Crippen molar-refractivity contribution in [2.24, 2.45) is 0 Å². The molecule has 0 spiro atoms. The molecular weight excluding hydrogens is 480 g/mol. The molecule has 11 heteroatoms. The maximum absolute atomic E-state index is 11.3. The third kappa shape index (κ3) is 3.97.